The number of carbonyl (C=O) groups excluding carboxylic acids is 3. The van der Waals surface area contributed by atoms with Crippen LogP contribution in [-0.4, -0.2) is 48.6 Å². The van der Waals surface area contributed by atoms with Crippen molar-refractivity contribution >= 4 is 44.9 Å². The third kappa shape index (κ3) is 8.11. The number of hydrogen-bond donors (Lipinski definition) is 3. The van der Waals surface area contributed by atoms with E-state index in [1.807, 2.05) is 44.2 Å². The van der Waals surface area contributed by atoms with Crippen molar-refractivity contribution in [2.24, 2.45) is 11.8 Å². The SMILES string of the molecule is CCOc1ccccc1NC(=O)C1C(=O)CC(C)(O)C(C(=O)Nc2ccccc2OCC)C1c1cc(Br)c(OCc2ccccc2)c(OC)c1. The fraction of sp³-hybridized carbons (Fsp3) is 0.308. The second-order valence-electron chi connectivity index (χ2n) is 12.1. The van der Waals surface area contributed by atoms with Gasteiger partial charge in [-0.25, -0.2) is 0 Å². The molecule has 0 heterocycles. The monoisotopic (exact) mass is 744 g/mol. The molecule has 0 aliphatic heterocycles. The number of halogens is 1. The summed E-state index contributed by atoms with van der Waals surface area (Å²) in [6.45, 7) is 6.07. The minimum atomic E-state index is -1.84. The molecule has 1 saturated carbocycles. The lowest BCUT2D eigenvalue weighted by atomic mass is 9.61. The highest BCUT2D eigenvalue weighted by atomic mass is 79.9. The number of benzene rings is 4. The van der Waals surface area contributed by atoms with Gasteiger partial charge in [0.05, 0.1) is 47.7 Å². The Balaban J connectivity index is 1.61. The zero-order valence-electron chi connectivity index (χ0n) is 28.4. The molecule has 0 spiro atoms. The van der Waals surface area contributed by atoms with Crippen LogP contribution in [0.15, 0.2) is 95.5 Å². The van der Waals surface area contributed by atoms with E-state index in [0.717, 1.165) is 5.56 Å². The lowest BCUT2D eigenvalue weighted by Crippen LogP contribution is -2.56. The first-order chi connectivity index (χ1) is 24.1. The standard InChI is InChI=1S/C39H41BrN2O8/c1-5-48-30-18-12-10-16-27(30)41-37(44)34-29(43)22-39(3,46)35(38(45)42-28-17-11-13-19-31(28)49-6-2)33(34)25-20-26(40)36(32(21-25)47-4)50-23-24-14-8-7-9-15-24/h7-21,33-35,46H,5-6,22-23H2,1-4H3,(H,41,44)(H,42,45). The average Bonchev–Trinajstić information content (AvgIpc) is 3.09. The number of carbonyl (C=O) groups is 3. The summed E-state index contributed by atoms with van der Waals surface area (Å²) in [4.78, 5) is 42.7. The summed E-state index contributed by atoms with van der Waals surface area (Å²) in [5.41, 5.74) is 0.270. The smallest absolute Gasteiger partial charge is 0.235 e. The van der Waals surface area contributed by atoms with Crippen LogP contribution in [0.2, 0.25) is 0 Å². The highest BCUT2D eigenvalue weighted by Crippen LogP contribution is 2.50. The summed E-state index contributed by atoms with van der Waals surface area (Å²) in [5, 5.41) is 17.7. The van der Waals surface area contributed by atoms with Gasteiger partial charge >= 0.3 is 0 Å². The van der Waals surface area contributed by atoms with Crippen molar-refractivity contribution in [3.8, 4) is 23.0 Å². The highest BCUT2D eigenvalue weighted by molar-refractivity contribution is 9.10. The van der Waals surface area contributed by atoms with Gasteiger partial charge in [0.25, 0.3) is 0 Å². The molecule has 50 heavy (non-hydrogen) atoms. The predicted octanol–water partition coefficient (Wildman–Crippen LogP) is 7.15. The quantitative estimate of drug-likeness (QED) is 0.123. The number of anilines is 2. The van der Waals surface area contributed by atoms with Gasteiger partial charge < -0.3 is 34.7 Å². The van der Waals surface area contributed by atoms with E-state index in [2.05, 4.69) is 26.6 Å². The Morgan fingerprint density at radius 3 is 1.96 bits per heavy atom. The van der Waals surface area contributed by atoms with Crippen molar-refractivity contribution in [2.75, 3.05) is 31.0 Å². The van der Waals surface area contributed by atoms with Crippen LogP contribution in [0.3, 0.4) is 0 Å². The van der Waals surface area contributed by atoms with Crippen LogP contribution in [0.1, 0.15) is 44.2 Å². The largest absolute Gasteiger partial charge is 0.493 e. The van der Waals surface area contributed by atoms with Crippen molar-refractivity contribution in [2.45, 2.75) is 45.3 Å². The maximum Gasteiger partial charge on any atom is 0.235 e. The van der Waals surface area contributed by atoms with Gasteiger partial charge in [0.2, 0.25) is 11.8 Å². The molecular formula is C39H41BrN2O8. The van der Waals surface area contributed by atoms with Crippen LogP contribution >= 0.6 is 15.9 Å². The number of ketones is 1. The topological polar surface area (TPSA) is 132 Å². The van der Waals surface area contributed by atoms with Gasteiger partial charge in [0.15, 0.2) is 11.5 Å². The predicted molar refractivity (Wildman–Crippen MR) is 194 cm³/mol. The summed E-state index contributed by atoms with van der Waals surface area (Å²) in [5.74, 6) is -3.98. The maximum atomic E-state index is 14.4. The molecule has 4 aromatic rings. The Labute approximate surface area is 300 Å². The van der Waals surface area contributed by atoms with Crippen molar-refractivity contribution in [1.29, 1.82) is 0 Å². The first-order valence-electron chi connectivity index (χ1n) is 16.4. The van der Waals surface area contributed by atoms with E-state index in [0.29, 0.717) is 57.6 Å². The summed E-state index contributed by atoms with van der Waals surface area (Å²) in [7, 11) is 1.48. The molecule has 1 aliphatic rings. The zero-order valence-corrected chi connectivity index (χ0v) is 30.0. The molecule has 4 aromatic carbocycles. The van der Waals surface area contributed by atoms with Crippen LogP contribution in [0.5, 0.6) is 23.0 Å². The fourth-order valence-electron chi connectivity index (χ4n) is 6.42. The fourth-order valence-corrected chi connectivity index (χ4v) is 6.99. The number of hydrogen-bond acceptors (Lipinski definition) is 8. The van der Waals surface area contributed by atoms with E-state index < -0.39 is 47.4 Å². The first-order valence-corrected chi connectivity index (χ1v) is 17.2. The summed E-state index contributed by atoms with van der Waals surface area (Å²) in [6.07, 6.45) is -0.434. The van der Waals surface area contributed by atoms with Gasteiger partial charge in [-0.3, -0.25) is 14.4 Å². The average molecular weight is 746 g/mol. The summed E-state index contributed by atoms with van der Waals surface area (Å²) < 4.78 is 23.8. The lowest BCUT2D eigenvalue weighted by molar-refractivity contribution is -0.150. The Kier molecular flexibility index (Phi) is 11.8. The number of amides is 2. The Bertz CT molecular complexity index is 1830. The second kappa shape index (κ2) is 16.2. The molecule has 0 radical (unpaired) electrons. The van der Waals surface area contributed by atoms with Gasteiger partial charge in [-0.2, -0.15) is 0 Å². The van der Waals surface area contributed by atoms with E-state index in [1.54, 1.807) is 60.7 Å². The van der Waals surface area contributed by atoms with E-state index in [-0.39, 0.29) is 6.61 Å². The molecule has 10 nitrogen and oxygen atoms in total. The van der Waals surface area contributed by atoms with Crippen molar-refractivity contribution in [1.82, 2.24) is 0 Å². The number of aliphatic hydroxyl groups is 1. The summed E-state index contributed by atoms with van der Waals surface area (Å²) >= 11 is 3.61. The van der Waals surface area contributed by atoms with Crippen LogP contribution < -0.4 is 29.6 Å². The lowest BCUT2D eigenvalue weighted by Gasteiger charge is -2.44. The number of nitrogens with one attached hydrogen (secondary N) is 2. The van der Waals surface area contributed by atoms with Crippen LogP contribution in [0.25, 0.3) is 0 Å². The minimum absolute atomic E-state index is 0.250. The number of para-hydroxylation sites is 4. The molecule has 4 unspecified atom stereocenters. The molecule has 262 valence electrons. The zero-order chi connectivity index (χ0) is 35.8. The van der Waals surface area contributed by atoms with Crippen molar-refractivity contribution in [3.05, 3.63) is 107 Å². The van der Waals surface area contributed by atoms with Crippen molar-refractivity contribution in [3.63, 3.8) is 0 Å². The van der Waals surface area contributed by atoms with Crippen LogP contribution in [-0.2, 0) is 21.0 Å². The highest BCUT2D eigenvalue weighted by Gasteiger charge is 2.56. The van der Waals surface area contributed by atoms with Gasteiger partial charge in [0, 0.05) is 12.3 Å². The Morgan fingerprint density at radius 1 is 0.820 bits per heavy atom. The number of methoxy groups -OCH3 is 1. The van der Waals surface area contributed by atoms with Gasteiger partial charge in [-0.15, -0.1) is 0 Å². The molecule has 5 rings (SSSR count). The maximum absolute atomic E-state index is 14.4. The second-order valence-corrected chi connectivity index (χ2v) is 13.0. The van der Waals surface area contributed by atoms with Gasteiger partial charge in [-0.1, -0.05) is 54.6 Å². The van der Waals surface area contributed by atoms with Crippen LogP contribution in [0.4, 0.5) is 11.4 Å². The van der Waals surface area contributed by atoms with Crippen LogP contribution in [0, 0.1) is 11.8 Å². The molecule has 11 heteroatoms. The molecule has 0 aromatic heterocycles. The van der Waals surface area contributed by atoms with Gasteiger partial charge in [0.1, 0.15) is 29.8 Å². The van der Waals surface area contributed by atoms with E-state index >= 15 is 0 Å². The number of rotatable bonds is 13. The van der Waals surface area contributed by atoms with E-state index in [9.17, 15) is 19.5 Å². The Hall–Kier alpha value is -4.87. The summed E-state index contributed by atoms with van der Waals surface area (Å²) in [6, 6.07) is 26.8. The molecule has 4 atom stereocenters. The molecule has 0 bridgehead atoms. The molecule has 1 fully saturated rings. The van der Waals surface area contributed by atoms with Crippen molar-refractivity contribution < 1.29 is 38.4 Å². The Morgan fingerprint density at radius 2 is 1.38 bits per heavy atom. The van der Waals surface area contributed by atoms with E-state index in [1.165, 1.54) is 14.0 Å². The minimum Gasteiger partial charge on any atom is -0.493 e. The van der Waals surface area contributed by atoms with E-state index in [4.69, 9.17) is 18.9 Å². The van der Waals surface area contributed by atoms with Gasteiger partial charge in [-0.05, 0) is 84.2 Å². The first kappa shape index (κ1) is 36.4. The third-order valence-electron chi connectivity index (χ3n) is 8.58. The molecule has 3 N–H and O–H groups in total. The number of Topliss-reactive ketones (excluding diaryl/α,β-unsaturated/α-hetero) is 1. The molecule has 2 amide bonds. The normalized spacial score (nSPS) is 20.0. The molecule has 0 saturated heterocycles. The molecule has 1 aliphatic carbocycles. The number of ether oxygens (including phenoxy) is 4. The third-order valence-corrected chi connectivity index (χ3v) is 9.17. The molecular weight excluding hydrogens is 704 g/mol.